The van der Waals surface area contributed by atoms with E-state index in [0.29, 0.717) is 17.5 Å². The fraction of sp³-hybridized carbons (Fsp3) is 0.222. The zero-order valence-corrected chi connectivity index (χ0v) is 48.2. The minimum atomic E-state index is -0.114. The number of fused-ring (bicyclic) bond motifs is 10. The largest absolute Gasteiger partial charge is 0.309 e. The summed E-state index contributed by atoms with van der Waals surface area (Å²) < 4.78 is 7.44. The molecular weight excluding hydrogens is 981 g/mol. The molecule has 5 heterocycles. The second-order valence-electron chi connectivity index (χ2n) is 25.7. The fourth-order valence-electron chi connectivity index (χ4n) is 11.6. The Bertz CT molecular complexity index is 4380. The van der Waals surface area contributed by atoms with E-state index < -0.39 is 0 Å². The monoisotopic (exact) mass is 1050 g/mol. The van der Waals surface area contributed by atoms with Gasteiger partial charge >= 0.3 is 0 Å². The van der Waals surface area contributed by atoms with Crippen LogP contribution in [0.1, 0.15) is 105 Å². The SMILES string of the molecule is CC(C)(C)c1cc(-c2nc(-c3cc(C(C)(C)C)cc(C(C)(C)C)c3)nc(-c3ccc(-n4c5ccccc5c5ccccc54)c(-c4ccncc4-n4c5ccccc5c5c6sc7ccccc7c6ccc54)c3)n2)cc(C(C)(C)C)c1. The van der Waals surface area contributed by atoms with Crippen molar-refractivity contribution in [1.82, 2.24) is 29.1 Å². The summed E-state index contributed by atoms with van der Waals surface area (Å²) in [6.45, 7) is 27.4. The van der Waals surface area contributed by atoms with E-state index in [4.69, 9.17) is 19.9 Å². The van der Waals surface area contributed by atoms with Crippen LogP contribution in [0.2, 0.25) is 0 Å². The van der Waals surface area contributed by atoms with Gasteiger partial charge in [0.1, 0.15) is 0 Å². The number of thiophene rings is 1. The van der Waals surface area contributed by atoms with Gasteiger partial charge in [0.2, 0.25) is 0 Å². The summed E-state index contributed by atoms with van der Waals surface area (Å²) in [6, 6.07) is 62.6. The molecule has 0 spiro atoms. The number of rotatable bonds is 6. The molecule has 0 saturated carbocycles. The van der Waals surface area contributed by atoms with Gasteiger partial charge in [0.05, 0.1) is 39.6 Å². The van der Waals surface area contributed by atoms with Crippen molar-refractivity contribution in [3.8, 4) is 56.7 Å². The average molecular weight is 1050 g/mol. The minimum absolute atomic E-state index is 0.114. The fourth-order valence-corrected chi connectivity index (χ4v) is 12.8. The Balaban J connectivity index is 1.12. The van der Waals surface area contributed by atoms with Crippen molar-refractivity contribution in [3.63, 3.8) is 0 Å². The first-order chi connectivity index (χ1) is 37.7. The predicted molar refractivity (Wildman–Crippen MR) is 336 cm³/mol. The lowest BCUT2D eigenvalue weighted by Crippen LogP contribution is -2.17. The molecule has 6 nitrogen and oxygen atoms in total. The third-order valence-electron chi connectivity index (χ3n) is 16.1. The van der Waals surface area contributed by atoms with E-state index >= 15 is 0 Å². The first kappa shape index (κ1) is 50.3. The Labute approximate surface area is 467 Å². The summed E-state index contributed by atoms with van der Waals surface area (Å²) in [4.78, 5) is 21.6. The summed E-state index contributed by atoms with van der Waals surface area (Å²) in [5.74, 6) is 1.89. The molecule has 0 saturated heterocycles. The number of benzene rings is 8. The molecule has 0 amide bonds. The van der Waals surface area contributed by atoms with Crippen molar-refractivity contribution in [2.45, 2.75) is 105 Å². The highest BCUT2D eigenvalue weighted by Crippen LogP contribution is 2.46. The van der Waals surface area contributed by atoms with Gasteiger partial charge in [-0.1, -0.05) is 174 Å². The van der Waals surface area contributed by atoms with Crippen LogP contribution >= 0.6 is 11.3 Å². The van der Waals surface area contributed by atoms with E-state index in [-0.39, 0.29) is 21.7 Å². The van der Waals surface area contributed by atoms with Crippen LogP contribution in [0.15, 0.2) is 182 Å². The number of hydrogen-bond acceptors (Lipinski definition) is 5. The number of nitrogens with zero attached hydrogens (tertiary/aromatic N) is 6. The molecule has 0 unspecified atom stereocenters. The zero-order chi connectivity index (χ0) is 54.9. The molecule has 13 aromatic rings. The Hall–Kier alpha value is -8.26. The Morgan fingerprint density at radius 2 is 0.810 bits per heavy atom. The van der Waals surface area contributed by atoms with Gasteiger partial charge in [0.15, 0.2) is 17.5 Å². The molecule has 390 valence electrons. The number of aromatic nitrogens is 6. The van der Waals surface area contributed by atoms with E-state index in [1.54, 1.807) is 0 Å². The molecule has 0 bridgehead atoms. The van der Waals surface area contributed by atoms with Crippen molar-refractivity contribution in [2.75, 3.05) is 0 Å². The van der Waals surface area contributed by atoms with Crippen LogP contribution in [0.25, 0.3) is 120 Å². The van der Waals surface area contributed by atoms with Crippen molar-refractivity contribution in [2.24, 2.45) is 0 Å². The molecule has 8 aromatic carbocycles. The smallest absolute Gasteiger partial charge is 0.164 e. The van der Waals surface area contributed by atoms with Crippen LogP contribution in [0.5, 0.6) is 0 Å². The lowest BCUT2D eigenvalue weighted by atomic mass is 9.79. The minimum Gasteiger partial charge on any atom is -0.309 e. The maximum Gasteiger partial charge on any atom is 0.164 e. The quantitative estimate of drug-likeness (QED) is 0.166. The van der Waals surface area contributed by atoms with Gasteiger partial charge < -0.3 is 9.13 Å². The second-order valence-corrected chi connectivity index (χ2v) is 26.7. The third kappa shape index (κ3) is 8.61. The maximum atomic E-state index is 5.57. The summed E-state index contributed by atoms with van der Waals surface area (Å²) in [5.41, 5.74) is 15.9. The zero-order valence-electron chi connectivity index (χ0n) is 47.4. The van der Waals surface area contributed by atoms with Gasteiger partial charge in [-0.15, -0.1) is 11.3 Å². The standard InChI is InChI=1S/C72H66N6S/c1-69(2,3)46-35-44(36-47(40-46)70(4,5)6)67-74-66(75-68(76-67)45-37-48(71(7,8)9)41-49(38-45)72(10,11)12)43-29-31-60(77-57-25-17-13-21-50(57)51-22-14-18-26-58(51)77)56(39-43)52-33-34-73-42-62(52)78-59-27-19-15-24-55(59)64-61(78)32-30-54-53-23-16-20-28-63(53)79-65(54)64/h13-42H,1-12H3. The highest BCUT2D eigenvalue weighted by Gasteiger charge is 2.27. The van der Waals surface area contributed by atoms with Gasteiger partial charge in [-0.25, -0.2) is 15.0 Å². The number of para-hydroxylation sites is 3. The van der Waals surface area contributed by atoms with Crippen LogP contribution in [-0.4, -0.2) is 29.1 Å². The molecule has 0 radical (unpaired) electrons. The van der Waals surface area contributed by atoms with Gasteiger partial charge in [0.25, 0.3) is 0 Å². The summed E-state index contributed by atoms with van der Waals surface area (Å²) in [6.07, 6.45) is 3.98. The van der Waals surface area contributed by atoms with Gasteiger partial charge in [-0.3, -0.25) is 4.98 Å². The highest BCUT2D eigenvalue weighted by atomic mass is 32.1. The van der Waals surface area contributed by atoms with Crippen molar-refractivity contribution in [1.29, 1.82) is 0 Å². The van der Waals surface area contributed by atoms with E-state index in [2.05, 4.69) is 262 Å². The number of hydrogen-bond donors (Lipinski definition) is 0. The van der Waals surface area contributed by atoms with Crippen LogP contribution in [0, 0.1) is 0 Å². The van der Waals surface area contributed by atoms with Crippen LogP contribution < -0.4 is 0 Å². The molecule has 0 aliphatic heterocycles. The Kier molecular flexibility index (Phi) is 11.5. The molecule has 0 aliphatic carbocycles. The van der Waals surface area contributed by atoms with Crippen LogP contribution in [-0.2, 0) is 21.7 Å². The predicted octanol–water partition coefficient (Wildman–Crippen LogP) is 19.7. The normalized spacial score (nSPS) is 12.8. The van der Waals surface area contributed by atoms with Crippen LogP contribution in [0.4, 0.5) is 0 Å². The average Bonchev–Trinajstić information content (AvgIpc) is 3.61. The molecule has 13 rings (SSSR count). The Morgan fingerprint density at radius 3 is 1.34 bits per heavy atom. The van der Waals surface area contributed by atoms with E-state index in [0.717, 1.165) is 61.3 Å². The third-order valence-corrected chi connectivity index (χ3v) is 17.3. The molecular formula is C72H66N6S. The molecule has 0 aliphatic rings. The van der Waals surface area contributed by atoms with E-state index in [1.165, 1.54) is 64.0 Å². The van der Waals surface area contributed by atoms with Gasteiger partial charge in [-0.2, -0.15) is 0 Å². The molecule has 5 aromatic heterocycles. The molecule has 0 fully saturated rings. The van der Waals surface area contributed by atoms with Gasteiger partial charge in [-0.05, 0) is 123 Å². The van der Waals surface area contributed by atoms with Crippen molar-refractivity contribution < 1.29 is 0 Å². The first-order valence-electron chi connectivity index (χ1n) is 27.7. The summed E-state index contributed by atoms with van der Waals surface area (Å²) in [5, 5.41) is 7.42. The molecule has 0 atom stereocenters. The van der Waals surface area contributed by atoms with Gasteiger partial charge in [0, 0.05) is 75.7 Å². The second kappa shape index (κ2) is 18.2. The topological polar surface area (TPSA) is 61.4 Å². The maximum absolute atomic E-state index is 5.57. The molecule has 7 heteroatoms. The number of pyridine rings is 1. The lowest BCUT2D eigenvalue weighted by Gasteiger charge is -2.26. The Morgan fingerprint density at radius 1 is 0.354 bits per heavy atom. The molecule has 79 heavy (non-hydrogen) atoms. The van der Waals surface area contributed by atoms with E-state index in [9.17, 15) is 0 Å². The van der Waals surface area contributed by atoms with E-state index in [1.807, 2.05) is 23.7 Å². The van der Waals surface area contributed by atoms with Crippen molar-refractivity contribution >= 4 is 75.1 Å². The highest BCUT2D eigenvalue weighted by molar-refractivity contribution is 7.26. The lowest BCUT2D eigenvalue weighted by molar-refractivity contribution is 0.568. The summed E-state index contributed by atoms with van der Waals surface area (Å²) in [7, 11) is 0. The van der Waals surface area contributed by atoms with Crippen LogP contribution in [0.3, 0.4) is 0 Å². The summed E-state index contributed by atoms with van der Waals surface area (Å²) >= 11 is 1.87. The molecule has 0 N–H and O–H groups in total. The van der Waals surface area contributed by atoms with Crippen molar-refractivity contribution in [3.05, 3.63) is 205 Å². The first-order valence-corrected chi connectivity index (χ1v) is 28.5.